The highest BCUT2D eigenvalue weighted by molar-refractivity contribution is 6.13. The molecule has 7 aromatic carbocycles. The Morgan fingerprint density at radius 3 is 1.73 bits per heavy atom. The lowest BCUT2D eigenvalue weighted by Gasteiger charge is -2.20. The highest BCUT2D eigenvalue weighted by Gasteiger charge is 2.23. The SMILES string of the molecule is [C-]#[N+]c1ccc2c(c1)c1cc(C#N)ccc1n2-c1c([N+]#[C-])cccc1-c1c([N+]#[C-])cccc1-c1ccc(-n2c3ccccc3c3ccccc32)cc1. The monoisotopic (exact) mass is 660 g/mol. The van der Waals surface area contributed by atoms with Crippen molar-refractivity contribution in [1.29, 1.82) is 5.26 Å². The van der Waals surface area contributed by atoms with Gasteiger partial charge in [0.05, 0.1) is 59.1 Å². The maximum absolute atomic E-state index is 9.75. The van der Waals surface area contributed by atoms with E-state index >= 15 is 0 Å². The molecule has 0 aliphatic heterocycles. The lowest BCUT2D eigenvalue weighted by molar-refractivity contribution is 1.18. The van der Waals surface area contributed by atoms with Crippen LogP contribution in [0.2, 0.25) is 0 Å². The summed E-state index contributed by atoms with van der Waals surface area (Å²) in [7, 11) is 0. The fourth-order valence-corrected chi connectivity index (χ4v) is 7.60. The molecule has 6 heteroatoms. The summed E-state index contributed by atoms with van der Waals surface area (Å²) in [5, 5.41) is 13.8. The molecule has 9 aromatic rings. The second kappa shape index (κ2) is 11.9. The molecule has 52 heavy (non-hydrogen) atoms. The van der Waals surface area contributed by atoms with Crippen LogP contribution in [0.1, 0.15) is 5.56 Å². The molecule has 9 rings (SSSR count). The minimum Gasteiger partial charge on any atom is -0.319 e. The maximum Gasteiger partial charge on any atom is 0.211 e. The summed E-state index contributed by atoms with van der Waals surface area (Å²) in [5.41, 5.74) is 10.7. The number of benzene rings is 7. The van der Waals surface area contributed by atoms with Crippen LogP contribution in [-0.2, 0) is 0 Å². The van der Waals surface area contributed by atoms with Gasteiger partial charge in [-0.3, -0.25) is 0 Å². The van der Waals surface area contributed by atoms with Gasteiger partial charge in [0.15, 0.2) is 11.4 Å². The minimum absolute atomic E-state index is 0.419. The van der Waals surface area contributed by atoms with Crippen LogP contribution in [0.25, 0.3) is 91.8 Å². The third-order valence-corrected chi connectivity index (χ3v) is 9.81. The summed E-state index contributed by atoms with van der Waals surface area (Å²) in [4.78, 5) is 11.7. The first kappa shape index (κ1) is 30.2. The van der Waals surface area contributed by atoms with E-state index in [1.54, 1.807) is 18.2 Å². The van der Waals surface area contributed by atoms with Crippen molar-refractivity contribution in [3.63, 3.8) is 0 Å². The van der Waals surface area contributed by atoms with Crippen LogP contribution in [0.5, 0.6) is 0 Å². The van der Waals surface area contributed by atoms with Crippen LogP contribution in [0.15, 0.2) is 146 Å². The van der Waals surface area contributed by atoms with Crippen LogP contribution < -0.4 is 0 Å². The van der Waals surface area contributed by atoms with E-state index in [9.17, 15) is 5.26 Å². The molecular weight excluding hydrogens is 637 g/mol. The Bertz CT molecular complexity index is 2990. The van der Waals surface area contributed by atoms with Crippen molar-refractivity contribution >= 4 is 60.7 Å². The average Bonchev–Trinajstić information content (AvgIpc) is 3.72. The molecule has 0 fully saturated rings. The van der Waals surface area contributed by atoms with Crippen molar-refractivity contribution in [3.05, 3.63) is 185 Å². The molecule has 238 valence electrons. The van der Waals surface area contributed by atoms with Gasteiger partial charge in [-0.15, -0.1) is 0 Å². The number of nitrogens with zero attached hydrogens (tertiary/aromatic N) is 6. The van der Waals surface area contributed by atoms with Gasteiger partial charge in [0.2, 0.25) is 5.69 Å². The fourth-order valence-electron chi connectivity index (χ4n) is 7.60. The van der Waals surface area contributed by atoms with Gasteiger partial charge in [-0.05, 0) is 82.2 Å². The van der Waals surface area contributed by atoms with E-state index in [1.165, 1.54) is 10.8 Å². The number of hydrogen-bond donors (Lipinski definition) is 0. The first-order chi connectivity index (χ1) is 25.6. The van der Waals surface area contributed by atoms with Gasteiger partial charge in [0.25, 0.3) is 0 Å². The quantitative estimate of drug-likeness (QED) is 0.173. The zero-order valence-electron chi connectivity index (χ0n) is 27.5. The van der Waals surface area contributed by atoms with Crippen LogP contribution in [0.4, 0.5) is 17.1 Å². The molecule has 2 aromatic heterocycles. The molecule has 2 heterocycles. The molecule has 0 radical (unpaired) electrons. The summed E-state index contributed by atoms with van der Waals surface area (Å²) in [6.45, 7) is 24.2. The third kappa shape index (κ3) is 4.47. The molecule has 0 unspecified atom stereocenters. The third-order valence-electron chi connectivity index (χ3n) is 9.81. The molecule has 0 N–H and O–H groups in total. The first-order valence-electron chi connectivity index (χ1n) is 16.6. The highest BCUT2D eigenvalue weighted by atomic mass is 15.0. The molecule has 0 spiro atoms. The molecule has 0 aliphatic rings. The lowest BCUT2D eigenvalue weighted by Crippen LogP contribution is -1.99. The summed E-state index contributed by atoms with van der Waals surface area (Å²) in [5.74, 6) is 0. The van der Waals surface area contributed by atoms with Crippen molar-refractivity contribution in [2.24, 2.45) is 0 Å². The minimum atomic E-state index is 0.419. The molecule has 0 amide bonds. The Hall–Kier alpha value is -7.90. The van der Waals surface area contributed by atoms with Crippen LogP contribution in [0.3, 0.4) is 0 Å². The number of para-hydroxylation sites is 3. The summed E-state index contributed by atoms with van der Waals surface area (Å²) in [6, 6.07) is 49.9. The number of aromatic nitrogens is 2. The van der Waals surface area contributed by atoms with Gasteiger partial charge in [0, 0.05) is 21.8 Å². The Morgan fingerprint density at radius 2 is 1.08 bits per heavy atom. The van der Waals surface area contributed by atoms with Crippen molar-refractivity contribution in [2.45, 2.75) is 0 Å². The normalized spacial score (nSPS) is 11.0. The van der Waals surface area contributed by atoms with E-state index in [1.807, 2.05) is 59.2 Å². The van der Waals surface area contributed by atoms with Crippen molar-refractivity contribution in [1.82, 2.24) is 9.13 Å². The number of fused-ring (bicyclic) bond motifs is 6. The smallest absolute Gasteiger partial charge is 0.211 e. The predicted octanol–water partition coefficient (Wildman–Crippen LogP) is 12.7. The summed E-state index contributed by atoms with van der Waals surface area (Å²) in [6.07, 6.45) is 0. The van der Waals surface area contributed by atoms with E-state index in [-0.39, 0.29) is 0 Å². The Labute approximate surface area is 299 Å². The van der Waals surface area contributed by atoms with Gasteiger partial charge in [-0.25, -0.2) is 14.5 Å². The largest absolute Gasteiger partial charge is 0.319 e. The van der Waals surface area contributed by atoms with Gasteiger partial charge in [-0.1, -0.05) is 91.0 Å². The second-order valence-corrected chi connectivity index (χ2v) is 12.5. The first-order valence-corrected chi connectivity index (χ1v) is 16.6. The standard InChI is InChI=1S/C46H24N6/c1-48-31-21-25-44-38(27-31)37-26-29(28-47)18-24-43(37)52(44)46-36(13-9-15-40(46)50-3)45-33(12-8-14-39(45)49-2)30-19-22-32(23-20-30)51-41-16-6-4-10-34(41)35-11-5-7-17-42(35)51/h4-27H. The van der Waals surface area contributed by atoms with Gasteiger partial charge >= 0.3 is 0 Å². The number of hydrogen-bond acceptors (Lipinski definition) is 1. The molecule has 6 nitrogen and oxygen atoms in total. The van der Waals surface area contributed by atoms with Gasteiger partial charge in [0.1, 0.15) is 0 Å². The zero-order chi connectivity index (χ0) is 35.3. The van der Waals surface area contributed by atoms with Gasteiger partial charge < -0.3 is 9.13 Å². The van der Waals surface area contributed by atoms with Crippen molar-refractivity contribution < 1.29 is 0 Å². The fraction of sp³-hybridized carbons (Fsp3) is 0. The molecule has 0 saturated heterocycles. The van der Waals surface area contributed by atoms with Crippen molar-refractivity contribution in [3.8, 4) is 39.7 Å². The van der Waals surface area contributed by atoms with E-state index in [2.05, 4.69) is 98.0 Å². The van der Waals surface area contributed by atoms with E-state index in [0.29, 0.717) is 28.3 Å². The number of rotatable bonds is 4. The molecular formula is C46H24N6. The molecule has 0 saturated carbocycles. The Kier molecular flexibility index (Phi) is 6.91. The number of nitriles is 1. The lowest BCUT2D eigenvalue weighted by atomic mass is 9.91. The van der Waals surface area contributed by atoms with Crippen LogP contribution >= 0.6 is 0 Å². The van der Waals surface area contributed by atoms with Crippen LogP contribution in [0, 0.1) is 31.0 Å². The van der Waals surface area contributed by atoms with Crippen LogP contribution in [-0.4, -0.2) is 9.13 Å². The molecule has 0 atom stereocenters. The van der Waals surface area contributed by atoms with Gasteiger partial charge in [-0.2, -0.15) is 5.26 Å². The Morgan fingerprint density at radius 1 is 0.481 bits per heavy atom. The Balaban J connectivity index is 1.29. The maximum atomic E-state index is 9.75. The average molecular weight is 661 g/mol. The summed E-state index contributed by atoms with van der Waals surface area (Å²) >= 11 is 0. The van der Waals surface area contributed by atoms with E-state index < -0.39 is 0 Å². The highest BCUT2D eigenvalue weighted by Crippen LogP contribution is 2.47. The topological polar surface area (TPSA) is 46.7 Å². The molecule has 0 aliphatic carbocycles. The van der Waals surface area contributed by atoms with E-state index in [0.717, 1.165) is 60.8 Å². The summed E-state index contributed by atoms with van der Waals surface area (Å²) < 4.78 is 4.32. The van der Waals surface area contributed by atoms with Crippen molar-refractivity contribution in [2.75, 3.05) is 0 Å². The van der Waals surface area contributed by atoms with E-state index in [4.69, 9.17) is 19.7 Å². The molecule has 0 bridgehead atoms. The second-order valence-electron chi connectivity index (χ2n) is 12.5. The zero-order valence-corrected chi connectivity index (χ0v) is 27.5. The predicted molar refractivity (Wildman–Crippen MR) is 209 cm³/mol.